The van der Waals surface area contributed by atoms with Gasteiger partial charge in [-0.15, -0.1) is 11.3 Å². The van der Waals surface area contributed by atoms with Crippen LogP contribution >= 0.6 is 22.9 Å². The highest BCUT2D eigenvalue weighted by Crippen LogP contribution is 2.33. The fourth-order valence-electron chi connectivity index (χ4n) is 3.75. The molecular formula is C26H15ClN2OS. The quantitative estimate of drug-likeness (QED) is 0.259. The summed E-state index contributed by atoms with van der Waals surface area (Å²) in [5.74, 6) is 0. The van der Waals surface area contributed by atoms with Gasteiger partial charge in [0, 0.05) is 5.39 Å². The lowest BCUT2D eigenvalue weighted by atomic mass is 10.0. The molecule has 6 rings (SSSR count). The van der Waals surface area contributed by atoms with Crippen LogP contribution in [0.1, 0.15) is 0 Å². The van der Waals surface area contributed by atoms with Crippen LogP contribution in [-0.4, -0.2) is 4.98 Å². The first-order chi connectivity index (χ1) is 15.3. The number of para-hydroxylation sites is 2. The third-order valence-electron chi connectivity index (χ3n) is 5.26. The maximum absolute atomic E-state index is 6.38. The summed E-state index contributed by atoms with van der Waals surface area (Å²) in [5, 5.41) is 4.77. The van der Waals surface area contributed by atoms with Crippen molar-refractivity contribution in [2.45, 2.75) is 0 Å². The molecule has 4 aromatic carbocycles. The average molecular weight is 439 g/mol. The van der Waals surface area contributed by atoms with E-state index in [9.17, 15) is 0 Å². The Morgan fingerprint density at radius 3 is 2.52 bits per heavy atom. The highest BCUT2D eigenvalue weighted by molar-refractivity contribution is 7.21. The molecule has 0 aliphatic carbocycles. The van der Waals surface area contributed by atoms with Gasteiger partial charge in [-0.3, -0.25) is 0 Å². The fraction of sp³-hybridized carbons (Fsp3) is 0. The van der Waals surface area contributed by atoms with Crippen LogP contribution in [0.2, 0.25) is 5.02 Å². The van der Waals surface area contributed by atoms with Crippen LogP contribution in [0.25, 0.3) is 42.5 Å². The lowest BCUT2D eigenvalue weighted by molar-refractivity contribution is 0.548. The van der Waals surface area contributed by atoms with Crippen LogP contribution in [-0.2, 0) is 0 Å². The summed E-state index contributed by atoms with van der Waals surface area (Å²) in [6, 6.07) is 30.1. The lowest BCUT2D eigenvalue weighted by Gasteiger charge is -2.06. The Bertz CT molecular complexity index is 1630. The molecule has 0 aliphatic heterocycles. The van der Waals surface area contributed by atoms with Crippen molar-refractivity contribution in [3.8, 4) is 10.6 Å². The minimum absolute atomic E-state index is 0.495. The van der Waals surface area contributed by atoms with Gasteiger partial charge in [-0.05, 0) is 47.2 Å². The SMILES string of the molecule is Clc1ccccc1N=c1oc2ccc3ccccc3c2cc1-c1nc2ccccc2s1. The minimum atomic E-state index is 0.495. The van der Waals surface area contributed by atoms with Gasteiger partial charge < -0.3 is 4.42 Å². The van der Waals surface area contributed by atoms with E-state index in [0.717, 1.165) is 42.5 Å². The Morgan fingerprint density at radius 2 is 1.61 bits per heavy atom. The molecular weight excluding hydrogens is 424 g/mol. The van der Waals surface area contributed by atoms with E-state index in [0.29, 0.717) is 16.3 Å². The maximum atomic E-state index is 6.38. The molecule has 0 spiro atoms. The van der Waals surface area contributed by atoms with Gasteiger partial charge in [0.05, 0.1) is 26.5 Å². The Labute approximate surface area is 186 Å². The number of hydrogen-bond donors (Lipinski definition) is 0. The number of aromatic nitrogens is 1. The second kappa shape index (κ2) is 7.34. The highest BCUT2D eigenvalue weighted by Gasteiger charge is 2.14. The topological polar surface area (TPSA) is 38.4 Å². The lowest BCUT2D eigenvalue weighted by Crippen LogP contribution is -2.05. The molecule has 0 amide bonds. The number of benzene rings is 4. The molecule has 2 heterocycles. The molecule has 0 radical (unpaired) electrons. The van der Waals surface area contributed by atoms with Crippen molar-refractivity contribution in [1.29, 1.82) is 0 Å². The summed E-state index contributed by atoms with van der Waals surface area (Å²) < 4.78 is 7.48. The van der Waals surface area contributed by atoms with E-state index in [1.807, 2.05) is 60.7 Å². The molecule has 0 atom stereocenters. The zero-order chi connectivity index (χ0) is 20.8. The molecule has 2 aromatic heterocycles. The van der Waals surface area contributed by atoms with Gasteiger partial charge in [0.15, 0.2) is 0 Å². The second-order valence-corrected chi connectivity index (χ2v) is 8.65. The maximum Gasteiger partial charge on any atom is 0.230 e. The first-order valence-corrected chi connectivity index (χ1v) is 11.1. The summed E-state index contributed by atoms with van der Waals surface area (Å²) in [4.78, 5) is 9.65. The largest absolute Gasteiger partial charge is 0.438 e. The summed E-state index contributed by atoms with van der Waals surface area (Å²) >= 11 is 8.01. The van der Waals surface area contributed by atoms with Gasteiger partial charge >= 0.3 is 0 Å². The van der Waals surface area contributed by atoms with E-state index in [1.54, 1.807) is 11.3 Å². The molecule has 0 N–H and O–H groups in total. The smallest absolute Gasteiger partial charge is 0.230 e. The highest BCUT2D eigenvalue weighted by atomic mass is 35.5. The van der Waals surface area contributed by atoms with Gasteiger partial charge in [0.25, 0.3) is 0 Å². The van der Waals surface area contributed by atoms with Crippen molar-refractivity contribution < 1.29 is 4.42 Å². The molecule has 3 nitrogen and oxygen atoms in total. The molecule has 0 fully saturated rings. The van der Waals surface area contributed by atoms with Crippen molar-refractivity contribution in [3.05, 3.63) is 102 Å². The number of fused-ring (bicyclic) bond motifs is 4. The zero-order valence-electron chi connectivity index (χ0n) is 16.2. The molecule has 148 valence electrons. The van der Waals surface area contributed by atoms with Gasteiger partial charge in [0.1, 0.15) is 10.6 Å². The minimum Gasteiger partial charge on any atom is -0.438 e. The summed E-state index contributed by atoms with van der Waals surface area (Å²) in [6.07, 6.45) is 0. The molecule has 0 bridgehead atoms. The molecule has 0 saturated carbocycles. The number of thiazole rings is 1. The van der Waals surface area contributed by atoms with Crippen LogP contribution in [0.5, 0.6) is 0 Å². The molecule has 31 heavy (non-hydrogen) atoms. The Balaban J connectivity index is 1.72. The molecule has 5 heteroatoms. The molecule has 0 unspecified atom stereocenters. The van der Waals surface area contributed by atoms with Crippen molar-refractivity contribution in [2.24, 2.45) is 4.99 Å². The number of rotatable bonds is 2. The van der Waals surface area contributed by atoms with Crippen LogP contribution in [0, 0.1) is 0 Å². The number of nitrogens with zero attached hydrogens (tertiary/aromatic N) is 2. The molecule has 6 aromatic rings. The molecule has 0 aliphatic rings. The fourth-order valence-corrected chi connectivity index (χ4v) is 4.91. The van der Waals surface area contributed by atoms with Crippen LogP contribution in [0.4, 0.5) is 5.69 Å². The third kappa shape index (κ3) is 3.21. The van der Waals surface area contributed by atoms with Gasteiger partial charge in [-0.25, -0.2) is 9.98 Å². The summed E-state index contributed by atoms with van der Waals surface area (Å²) in [7, 11) is 0. The summed E-state index contributed by atoms with van der Waals surface area (Å²) in [6.45, 7) is 0. The standard InChI is InChI=1S/C26H15ClN2OS/c27-20-9-3-4-10-21(20)28-25-19(26-29-22-11-5-6-12-24(22)31-26)15-18-17-8-2-1-7-16(17)13-14-23(18)30-25/h1-15H. The van der Waals surface area contributed by atoms with E-state index >= 15 is 0 Å². The monoisotopic (exact) mass is 438 g/mol. The predicted octanol–water partition coefficient (Wildman–Crippen LogP) is 7.75. The van der Waals surface area contributed by atoms with E-state index < -0.39 is 0 Å². The normalized spacial score (nSPS) is 12.2. The van der Waals surface area contributed by atoms with Crippen LogP contribution in [0.15, 0.2) is 100 Å². The molecule has 0 saturated heterocycles. The average Bonchev–Trinajstić information content (AvgIpc) is 3.24. The first kappa shape index (κ1) is 18.3. The van der Waals surface area contributed by atoms with Gasteiger partial charge in [0.2, 0.25) is 5.55 Å². The number of halogens is 1. The Kier molecular flexibility index (Phi) is 4.34. The van der Waals surface area contributed by atoms with Crippen LogP contribution in [0.3, 0.4) is 0 Å². The first-order valence-electron chi connectivity index (χ1n) is 9.87. The van der Waals surface area contributed by atoms with E-state index in [2.05, 4.69) is 30.3 Å². The van der Waals surface area contributed by atoms with E-state index in [-0.39, 0.29) is 0 Å². The van der Waals surface area contributed by atoms with Crippen molar-refractivity contribution in [3.63, 3.8) is 0 Å². The van der Waals surface area contributed by atoms with Crippen molar-refractivity contribution >= 4 is 60.6 Å². The van der Waals surface area contributed by atoms with Crippen molar-refractivity contribution in [2.75, 3.05) is 0 Å². The van der Waals surface area contributed by atoms with E-state index in [4.69, 9.17) is 26.0 Å². The van der Waals surface area contributed by atoms with Gasteiger partial charge in [-0.2, -0.15) is 0 Å². The summed E-state index contributed by atoms with van der Waals surface area (Å²) in [5.41, 5.74) is 3.74. The Hall–Kier alpha value is -3.47. The van der Waals surface area contributed by atoms with Crippen LogP contribution < -0.4 is 5.55 Å². The zero-order valence-corrected chi connectivity index (χ0v) is 17.8. The predicted molar refractivity (Wildman–Crippen MR) is 129 cm³/mol. The second-order valence-electron chi connectivity index (χ2n) is 7.21. The van der Waals surface area contributed by atoms with E-state index in [1.165, 1.54) is 0 Å². The third-order valence-corrected chi connectivity index (χ3v) is 6.64. The van der Waals surface area contributed by atoms with Gasteiger partial charge in [-0.1, -0.05) is 66.2 Å². The number of hydrogen-bond acceptors (Lipinski definition) is 4. The Morgan fingerprint density at radius 1 is 0.806 bits per heavy atom. The van der Waals surface area contributed by atoms with Crippen molar-refractivity contribution in [1.82, 2.24) is 4.98 Å².